The molecule has 2 aromatic carbocycles. The minimum atomic E-state index is -4.37. The van der Waals surface area contributed by atoms with Crippen LogP contribution in [0.15, 0.2) is 42.5 Å². The third-order valence-electron chi connectivity index (χ3n) is 3.04. The lowest BCUT2D eigenvalue weighted by Gasteiger charge is -2.12. The first-order valence-corrected chi connectivity index (χ1v) is 6.96. The summed E-state index contributed by atoms with van der Waals surface area (Å²) < 4.78 is 51.6. The first kappa shape index (κ1) is 17.7. The quantitative estimate of drug-likeness (QED) is 0.714. The number of alkyl halides is 3. The van der Waals surface area contributed by atoms with E-state index in [4.69, 9.17) is 9.47 Å². The van der Waals surface area contributed by atoms with Crippen LogP contribution in [0, 0.1) is 0 Å². The van der Waals surface area contributed by atoms with Gasteiger partial charge in [-0.1, -0.05) is 12.1 Å². The number of methoxy groups -OCH3 is 1. The van der Waals surface area contributed by atoms with Crippen molar-refractivity contribution in [2.24, 2.45) is 0 Å². The van der Waals surface area contributed by atoms with Crippen LogP contribution in [0.5, 0.6) is 17.2 Å². The molecule has 0 radical (unpaired) electrons. The van der Waals surface area contributed by atoms with E-state index in [1.54, 1.807) is 30.3 Å². The van der Waals surface area contributed by atoms with Crippen molar-refractivity contribution in [3.05, 3.63) is 53.6 Å². The molecule has 0 unspecified atom stereocenters. The predicted octanol–water partition coefficient (Wildman–Crippen LogP) is 4.03. The first-order valence-electron chi connectivity index (χ1n) is 6.96. The van der Waals surface area contributed by atoms with Gasteiger partial charge in [0.1, 0.15) is 18.6 Å². The highest BCUT2D eigenvalue weighted by atomic mass is 19.4. The number of aldehydes is 1. The molecule has 0 heterocycles. The molecule has 0 N–H and O–H groups in total. The number of carbonyl (C=O) groups is 1. The van der Waals surface area contributed by atoms with Gasteiger partial charge in [-0.3, -0.25) is 4.79 Å². The summed E-state index contributed by atoms with van der Waals surface area (Å²) in [5.41, 5.74) is 1.21. The van der Waals surface area contributed by atoms with E-state index in [1.807, 2.05) is 0 Å². The van der Waals surface area contributed by atoms with E-state index in [2.05, 4.69) is 4.74 Å². The highest BCUT2D eigenvalue weighted by Gasteiger charge is 2.28. The fourth-order valence-electron chi connectivity index (χ4n) is 1.88. The van der Waals surface area contributed by atoms with Gasteiger partial charge in [0, 0.05) is 5.56 Å². The number of rotatable bonds is 7. The van der Waals surface area contributed by atoms with Crippen molar-refractivity contribution in [2.45, 2.75) is 12.8 Å². The van der Waals surface area contributed by atoms with Crippen molar-refractivity contribution >= 4 is 6.29 Å². The van der Waals surface area contributed by atoms with Gasteiger partial charge in [0.05, 0.1) is 7.11 Å². The molecule has 0 spiro atoms. The van der Waals surface area contributed by atoms with Crippen LogP contribution >= 0.6 is 0 Å². The summed E-state index contributed by atoms with van der Waals surface area (Å²) in [5, 5.41) is 0. The fraction of sp³-hybridized carbons (Fsp3) is 0.235. The summed E-state index contributed by atoms with van der Waals surface area (Å²) in [5.74, 6) is 1.01. The molecule has 0 aliphatic rings. The Morgan fingerprint density at radius 1 is 1.00 bits per heavy atom. The summed E-state index contributed by atoms with van der Waals surface area (Å²) in [6.07, 6.45) is -3.67. The number of hydrogen-bond acceptors (Lipinski definition) is 4. The van der Waals surface area contributed by atoms with Crippen LogP contribution in [0.25, 0.3) is 0 Å². The molecule has 128 valence electrons. The molecule has 0 bridgehead atoms. The molecular weight excluding hydrogens is 325 g/mol. The molecule has 2 rings (SSSR count). The number of benzene rings is 2. The first-order chi connectivity index (χ1) is 11.4. The molecule has 0 aromatic heterocycles. The van der Waals surface area contributed by atoms with Crippen LogP contribution in [-0.4, -0.2) is 26.2 Å². The molecule has 7 heteroatoms. The van der Waals surface area contributed by atoms with E-state index >= 15 is 0 Å². The van der Waals surface area contributed by atoms with Gasteiger partial charge in [-0.05, 0) is 35.9 Å². The molecule has 0 aliphatic heterocycles. The largest absolute Gasteiger partial charge is 0.493 e. The monoisotopic (exact) mass is 340 g/mol. The van der Waals surface area contributed by atoms with E-state index in [0.29, 0.717) is 23.3 Å². The van der Waals surface area contributed by atoms with E-state index < -0.39 is 12.8 Å². The Hall–Kier alpha value is -2.70. The van der Waals surface area contributed by atoms with Crippen molar-refractivity contribution in [1.29, 1.82) is 0 Å². The molecule has 24 heavy (non-hydrogen) atoms. The van der Waals surface area contributed by atoms with Gasteiger partial charge in [-0.25, -0.2) is 0 Å². The number of ether oxygens (including phenoxy) is 3. The van der Waals surface area contributed by atoms with Crippen molar-refractivity contribution in [1.82, 2.24) is 0 Å². The second kappa shape index (κ2) is 7.72. The Balaban J connectivity index is 1.96. The van der Waals surface area contributed by atoms with Gasteiger partial charge in [-0.15, -0.1) is 0 Å². The average molecular weight is 340 g/mol. The lowest BCUT2D eigenvalue weighted by atomic mass is 10.2. The molecule has 0 amide bonds. The van der Waals surface area contributed by atoms with Gasteiger partial charge in [0.25, 0.3) is 0 Å². The predicted molar refractivity (Wildman–Crippen MR) is 80.7 cm³/mol. The fourth-order valence-corrected chi connectivity index (χ4v) is 1.88. The maximum absolute atomic E-state index is 12.1. The standard InChI is InChI=1S/C17H15F3O4/c1-22-16-8-13(9-21)4-7-15(16)23-10-12-2-5-14(6-3-12)24-11-17(18,19)20/h2-9H,10-11H2,1H3. The zero-order valence-electron chi connectivity index (χ0n) is 12.8. The van der Waals surface area contributed by atoms with E-state index in [-0.39, 0.29) is 12.4 Å². The summed E-state index contributed by atoms with van der Waals surface area (Å²) in [4.78, 5) is 10.7. The molecule has 2 aromatic rings. The average Bonchev–Trinajstić information content (AvgIpc) is 2.58. The lowest BCUT2D eigenvalue weighted by Crippen LogP contribution is -2.19. The van der Waals surface area contributed by atoms with Crippen molar-refractivity contribution in [3.8, 4) is 17.2 Å². The van der Waals surface area contributed by atoms with Gasteiger partial charge < -0.3 is 14.2 Å². The van der Waals surface area contributed by atoms with E-state index in [1.165, 1.54) is 19.2 Å². The van der Waals surface area contributed by atoms with Crippen LogP contribution in [0.4, 0.5) is 13.2 Å². The highest BCUT2D eigenvalue weighted by Crippen LogP contribution is 2.28. The second-order valence-corrected chi connectivity index (χ2v) is 4.86. The second-order valence-electron chi connectivity index (χ2n) is 4.86. The van der Waals surface area contributed by atoms with Crippen LogP contribution in [-0.2, 0) is 6.61 Å². The maximum atomic E-state index is 12.1. The van der Waals surface area contributed by atoms with Crippen LogP contribution in [0.2, 0.25) is 0 Å². The van der Waals surface area contributed by atoms with Gasteiger partial charge in [0.15, 0.2) is 18.1 Å². The third kappa shape index (κ3) is 5.19. The minimum Gasteiger partial charge on any atom is -0.493 e. The zero-order valence-corrected chi connectivity index (χ0v) is 12.8. The van der Waals surface area contributed by atoms with Crippen molar-refractivity contribution in [3.63, 3.8) is 0 Å². The Labute approximate surface area is 136 Å². The number of carbonyl (C=O) groups excluding carboxylic acids is 1. The van der Waals surface area contributed by atoms with Gasteiger partial charge in [-0.2, -0.15) is 13.2 Å². The summed E-state index contributed by atoms with van der Waals surface area (Å²) in [6.45, 7) is -1.14. The summed E-state index contributed by atoms with van der Waals surface area (Å²) >= 11 is 0. The smallest absolute Gasteiger partial charge is 0.422 e. The Bertz CT molecular complexity index is 681. The van der Waals surface area contributed by atoms with Crippen LogP contribution in [0.1, 0.15) is 15.9 Å². The van der Waals surface area contributed by atoms with Crippen molar-refractivity contribution in [2.75, 3.05) is 13.7 Å². The summed E-state index contributed by atoms with van der Waals surface area (Å²) in [6, 6.07) is 10.9. The van der Waals surface area contributed by atoms with Gasteiger partial charge >= 0.3 is 6.18 Å². The number of halogens is 3. The summed E-state index contributed by atoms with van der Waals surface area (Å²) in [7, 11) is 1.46. The topological polar surface area (TPSA) is 44.8 Å². The molecule has 4 nitrogen and oxygen atoms in total. The van der Waals surface area contributed by atoms with Crippen molar-refractivity contribution < 1.29 is 32.2 Å². The Morgan fingerprint density at radius 3 is 2.29 bits per heavy atom. The van der Waals surface area contributed by atoms with Crippen LogP contribution in [0.3, 0.4) is 0 Å². The molecule has 0 saturated carbocycles. The molecule has 0 aliphatic carbocycles. The lowest BCUT2D eigenvalue weighted by molar-refractivity contribution is -0.153. The molecule has 0 saturated heterocycles. The third-order valence-corrected chi connectivity index (χ3v) is 3.04. The van der Waals surface area contributed by atoms with Gasteiger partial charge in [0.2, 0.25) is 0 Å². The minimum absolute atomic E-state index is 0.129. The number of hydrogen-bond donors (Lipinski definition) is 0. The normalized spacial score (nSPS) is 11.0. The maximum Gasteiger partial charge on any atom is 0.422 e. The molecular formula is C17H15F3O4. The molecule has 0 atom stereocenters. The van der Waals surface area contributed by atoms with E-state index in [9.17, 15) is 18.0 Å². The van der Waals surface area contributed by atoms with E-state index in [0.717, 1.165) is 5.56 Å². The zero-order chi connectivity index (χ0) is 17.6. The Morgan fingerprint density at radius 2 is 1.71 bits per heavy atom. The Kier molecular flexibility index (Phi) is 5.68. The van der Waals surface area contributed by atoms with Crippen LogP contribution < -0.4 is 14.2 Å². The highest BCUT2D eigenvalue weighted by molar-refractivity contribution is 5.76. The SMILES string of the molecule is COc1cc(C=O)ccc1OCc1ccc(OCC(F)(F)F)cc1. The molecule has 0 fully saturated rings.